The van der Waals surface area contributed by atoms with Crippen molar-refractivity contribution in [3.05, 3.63) is 70.0 Å². The molecule has 3 heterocycles. The number of hydrogen-bond acceptors (Lipinski definition) is 7. The van der Waals surface area contributed by atoms with E-state index in [1.807, 2.05) is 22.8 Å². The van der Waals surface area contributed by atoms with E-state index in [0.717, 1.165) is 66.1 Å². The Morgan fingerprint density at radius 2 is 1.70 bits per heavy atom. The van der Waals surface area contributed by atoms with Gasteiger partial charge in [-0.3, -0.25) is 24.4 Å². The number of ketones is 1. The number of halogens is 3. The summed E-state index contributed by atoms with van der Waals surface area (Å²) in [4.78, 5) is 51.1. The van der Waals surface area contributed by atoms with Gasteiger partial charge >= 0.3 is 12.1 Å². The molecule has 2 aromatic carbocycles. The molecule has 6 rings (SSSR count). The molecule has 0 saturated heterocycles. The Kier molecular flexibility index (Phi) is 9.19. The van der Waals surface area contributed by atoms with Gasteiger partial charge in [0, 0.05) is 35.0 Å². The maximum atomic E-state index is 14.3. The van der Waals surface area contributed by atoms with E-state index in [4.69, 9.17) is 9.47 Å². The van der Waals surface area contributed by atoms with Crippen LogP contribution in [0.3, 0.4) is 0 Å². The number of fused-ring (bicyclic) bond motifs is 5. The highest BCUT2D eigenvalue weighted by atomic mass is 19.4. The predicted octanol–water partition coefficient (Wildman–Crippen LogP) is 6.94. The lowest BCUT2D eigenvalue weighted by Gasteiger charge is -2.24. The molecule has 1 aliphatic heterocycles. The molecule has 50 heavy (non-hydrogen) atoms. The maximum Gasteiger partial charge on any atom is 0.436 e. The monoisotopic (exact) mass is 690 g/mol. The van der Waals surface area contributed by atoms with E-state index in [0.29, 0.717) is 22.4 Å². The number of esters is 1. The average molecular weight is 691 g/mol. The Morgan fingerprint density at radius 1 is 0.980 bits per heavy atom. The Bertz CT molecular complexity index is 2080. The van der Waals surface area contributed by atoms with Gasteiger partial charge in [-0.15, -0.1) is 0 Å². The summed E-state index contributed by atoms with van der Waals surface area (Å²) in [6, 6.07) is 10.6. The molecule has 1 N–H and O–H groups in total. The lowest BCUT2D eigenvalue weighted by Crippen LogP contribution is -2.38. The largest absolute Gasteiger partial charge is 0.497 e. The molecule has 10 nitrogen and oxygen atoms in total. The van der Waals surface area contributed by atoms with Crippen molar-refractivity contribution in [1.29, 1.82) is 0 Å². The number of methoxy groups -OCH3 is 2. The Balaban J connectivity index is 1.63. The fourth-order valence-electron chi connectivity index (χ4n) is 7.21. The van der Waals surface area contributed by atoms with Crippen LogP contribution in [0.1, 0.15) is 95.1 Å². The van der Waals surface area contributed by atoms with Gasteiger partial charge in [0.2, 0.25) is 5.78 Å². The first-order valence-corrected chi connectivity index (χ1v) is 16.4. The first-order valence-electron chi connectivity index (χ1n) is 16.4. The minimum Gasteiger partial charge on any atom is -0.497 e. The number of carbonyl (C=O) groups excluding carboxylic acids is 4. The van der Waals surface area contributed by atoms with Crippen molar-refractivity contribution in [2.75, 3.05) is 14.2 Å². The van der Waals surface area contributed by atoms with Crippen LogP contribution in [-0.2, 0) is 34.1 Å². The second-order valence-corrected chi connectivity index (χ2v) is 13.0. The topological polar surface area (TPSA) is 122 Å². The molecule has 262 valence electrons. The zero-order valence-corrected chi connectivity index (χ0v) is 28.4. The summed E-state index contributed by atoms with van der Waals surface area (Å²) < 4.78 is 56.2. The highest BCUT2D eigenvalue weighted by molar-refractivity contribution is 6.40. The first-order chi connectivity index (χ1) is 23.7. The summed E-state index contributed by atoms with van der Waals surface area (Å²) in [6.45, 7) is 3.11. The van der Waals surface area contributed by atoms with Gasteiger partial charge in [0.25, 0.3) is 11.8 Å². The number of nitrogens with zero attached hydrogens (tertiary/aromatic N) is 3. The number of rotatable bonds is 7. The van der Waals surface area contributed by atoms with Gasteiger partial charge in [-0.1, -0.05) is 39.2 Å². The molecule has 1 saturated carbocycles. The number of nitrogens with one attached hydrogen (secondary N) is 1. The third kappa shape index (κ3) is 6.09. The number of Topliss-reactive ketones (excluding diaryl/α,β-unsaturated/α-hetero) is 1. The SMILES string of the molecule is COC(=O)c1c(C(F)(F)F)nn(C)c1C1=Cc2cc(OC)ccc2-c2c(C3CCCCC3)c3ccc(C(=O)NC(=O)C(=O)C(C)C)cc3n2C1. The van der Waals surface area contributed by atoms with Crippen LogP contribution in [0.15, 0.2) is 36.4 Å². The molecular formula is C37H37F3N4O6. The molecule has 0 spiro atoms. The number of allylic oxidation sites excluding steroid dienone is 1. The zero-order chi connectivity index (χ0) is 36.1. The van der Waals surface area contributed by atoms with E-state index in [1.54, 1.807) is 38.1 Å². The molecule has 2 aliphatic rings. The highest BCUT2D eigenvalue weighted by Gasteiger charge is 2.43. The Morgan fingerprint density at radius 3 is 2.34 bits per heavy atom. The van der Waals surface area contributed by atoms with Crippen molar-refractivity contribution in [2.45, 2.75) is 64.6 Å². The van der Waals surface area contributed by atoms with Crippen LogP contribution in [0.2, 0.25) is 0 Å². The molecule has 0 radical (unpaired) electrons. The number of amides is 2. The summed E-state index contributed by atoms with van der Waals surface area (Å²) in [5.74, 6) is -3.61. The minimum atomic E-state index is -4.94. The van der Waals surface area contributed by atoms with Crippen molar-refractivity contribution in [3.8, 4) is 17.0 Å². The van der Waals surface area contributed by atoms with Gasteiger partial charge in [-0.25, -0.2) is 4.79 Å². The second-order valence-electron chi connectivity index (χ2n) is 13.0. The van der Waals surface area contributed by atoms with Crippen LogP contribution >= 0.6 is 0 Å². The lowest BCUT2D eigenvalue weighted by atomic mass is 9.81. The normalized spacial score (nSPS) is 14.9. The van der Waals surface area contributed by atoms with Crippen molar-refractivity contribution >= 4 is 46.1 Å². The van der Waals surface area contributed by atoms with E-state index in [1.165, 1.54) is 14.2 Å². The Labute approximate surface area is 286 Å². The lowest BCUT2D eigenvalue weighted by molar-refractivity contribution is -0.142. The molecule has 1 aliphatic carbocycles. The first kappa shape index (κ1) is 34.7. The summed E-state index contributed by atoms with van der Waals surface area (Å²) in [7, 11) is 3.88. The third-order valence-corrected chi connectivity index (χ3v) is 9.54. The van der Waals surface area contributed by atoms with Crippen LogP contribution in [-0.4, -0.2) is 52.1 Å². The van der Waals surface area contributed by atoms with Gasteiger partial charge in [-0.2, -0.15) is 18.3 Å². The fraction of sp³-hybridized carbons (Fsp3) is 0.378. The van der Waals surface area contributed by atoms with Gasteiger partial charge in [0.1, 0.15) is 11.3 Å². The van der Waals surface area contributed by atoms with Crippen molar-refractivity contribution < 1.29 is 41.8 Å². The molecule has 2 amide bonds. The molecule has 0 bridgehead atoms. The molecule has 0 unspecified atom stereocenters. The van der Waals surface area contributed by atoms with Crippen molar-refractivity contribution in [2.24, 2.45) is 13.0 Å². The van der Waals surface area contributed by atoms with Gasteiger partial charge in [0.15, 0.2) is 5.69 Å². The molecule has 4 aromatic rings. The summed E-state index contributed by atoms with van der Waals surface area (Å²) >= 11 is 0. The van der Waals surface area contributed by atoms with E-state index >= 15 is 0 Å². The van der Waals surface area contributed by atoms with Crippen molar-refractivity contribution in [3.63, 3.8) is 0 Å². The number of carbonyl (C=O) groups is 4. The number of aromatic nitrogens is 3. The molecular weight excluding hydrogens is 653 g/mol. The third-order valence-electron chi connectivity index (χ3n) is 9.54. The molecule has 1 fully saturated rings. The number of imide groups is 1. The van der Waals surface area contributed by atoms with E-state index in [-0.39, 0.29) is 23.7 Å². The predicted molar refractivity (Wildman–Crippen MR) is 179 cm³/mol. The average Bonchev–Trinajstić information content (AvgIpc) is 3.56. The number of benzene rings is 2. The zero-order valence-electron chi connectivity index (χ0n) is 28.4. The standard InChI is InChI=1S/C37H37F3N4O6/c1-19(2)32(45)35(47)41-34(46)21-11-13-26-27(17-21)44-18-23(30-29(36(48)50-5)33(37(38,39)40)42-43(30)3)15-22-16-24(49-4)12-14-25(22)31(44)28(26)20-9-7-6-8-10-20/h11-17,19-20H,6-10,18H2,1-5H3,(H,41,46,47). The van der Waals surface area contributed by atoms with E-state index in [2.05, 4.69) is 10.4 Å². The van der Waals surface area contributed by atoms with Gasteiger partial charge < -0.3 is 14.0 Å². The number of aryl methyl sites for hydroxylation is 1. The van der Waals surface area contributed by atoms with Gasteiger partial charge in [0.05, 0.1) is 32.2 Å². The second kappa shape index (κ2) is 13.3. The number of ether oxygens (including phenoxy) is 2. The van der Waals surface area contributed by atoms with Crippen molar-refractivity contribution in [1.82, 2.24) is 19.7 Å². The summed E-state index contributed by atoms with van der Waals surface area (Å²) in [6.07, 6.45) is 1.81. The van der Waals surface area contributed by atoms with E-state index < -0.39 is 46.9 Å². The van der Waals surface area contributed by atoms with E-state index in [9.17, 15) is 32.3 Å². The van der Waals surface area contributed by atoms with Crippen LogP contribution < -0.4 is 10.1 Å². The van der Waals surface area contributed by atoms with Crippen LogP contribution in [0, 0.1) is 5.92 Å². The fourth-order valence-corrected chi connectivity index (χ4v) is 7.21. The molecule has 13 heteroatoms. The Hall–Kier alpha value is -5.20. The molecule has 0 atom stereocenters. The number of hydrogen-bond donors (Lipinski definition) is 1. The highest BCUT2D eigenvalue weighted by Crippen LogP contribution is 2.48. The van der Waals surface area contributed by atoms with Crippen LogP contribution in [0.4, 0.5) is 13.2 Å². The summed E-state index contributed by atoms with van der Waals surface area (Å²) in [5, 5.41) is 6.78. The molecule has 2 aromatic heterocycles. The summed E-state index contributed by atoms with van der Waals surface area (Å²) in [5.41, 5.74) is 2.24. The maximum absolute atomic E-state index is 14.3. The van der Waals surface area contributed by atoms with Crippen LogP contribution in [0.5, 0.6) is 5.75 Å². The smallest absolute Gasteiger partial charge is 0.436 e. The quantitative estimate of drug-likeness (QED) is 0.165. The minimum absolute atomic E-state index is 0.00773. The van der Waals surface area contributed by atoms with Crippen LogP contribution in [0.25, 0.3) is 33.8 Å². The number of alkyl halides is 3. The van der Waals surface area contributed by atoms with Gasteiger partial charge in [-0.05, 0) is 71.9 Å².